The first kappa shape index (κ1) is 8.05. The van der Waals surface area contributed by atoms with Gasteiger partial charge in [-0.2, -0.15) is 0 Å². The van der Waals surface area contributed by atoms with Crippen molar-refractivity contribution in [2.24, 2.45) is 11.8 Å². The van der Waals surface area contributed by atoms with Crippen LogP contribution >= 0.6 is 0 Å². The van der Waals surface area contributed by atoms with E-state index in [-0.39, 0.29) is 0 Å². The molecule has 0 aromatic heterocycles. The van der Waals surface area contributed by atoms with E-state index in [2.05, 4.69) is 5.32 Å². The Morgan fingerprint density at radius 3 is 3.00 bits per heavy atom. The molecule has 68 valence electrons. The summed E-state index contributed by atoms with van der Waals surface area (Å²) in [5.41, 5.74) is 0. The molecule has 12 heavy (non-hydrogen) atoms. The molecule has 2 rings (SSSR count). The van der Waals surface area contributed by atoms with Crippen molar-refractivity contribution in [3.05, 3.63) is 0 Å². The molecule has 1 amide bonds. The summed E-state index contributed by atoms with van der Waals surface area (Å²) in [7, 11) is 1.92. The number of carbonyl (C=O) groups excluding carboxylic acids is 1. The van der Waals surface area contributed by atoms with Gasteiger partial charge in [-0.1, -0.05) is 0 Å². The van der Waals surface area contributed by atoms with Gasteiger partial charge in [0.1, 0.15) is 0 Å². The first-order chi connectivity index (χ1) is 5.77. The molecule has 2 atom stereocenters. The van der Waals surface area contributed by atoms with Crippen LogP contribution in [0.4, 0.5) is 0 Å². The van der Waals surface area contributed by atoms with E-state index < -0.39 is 0 Å². The Hall–Kier alpha value is -0.570. The molecule has 0 bridgehead atoms. The van der Waals surface area contributed by atoms with Crippen molar-refractivity contribution in [1.29, 1.82) is 0 Å². The number of carbonyl (C=O) groups is 1. The number of fused-ring (bicyclic) bond motifs is 1. The van der Waals surface area contributed by atoms with Gasteiger partial charge in [-0.25, -0.2) is 0 Å². The first-order valence-electron chi connectivity index (χ1n) is 4.72. The molecule has 3 nitrogen and oxygen atoms in total. The fourth-order valence-electron chi connectivity index (χ4n) is 2.29. The molecule has 0 saturated carbocycles. The Kier molecular flexibility index (Phi) is 2.05. The quantitative estimate of drug-likeness (QED) is 0.555. The fourth-order valence-corrected chi connectivity index (χ4v) is 2.29. The maximum absolute atomic E-state index is 11.4. The molecule has 0 spiro atoms. The summed E-state index contributed by atoms with van der Waals surface area (Å²) < 4.78 is 0. The van der Waals surface area contributed by atoms with Gasteiger partial charge < -0.3 is 10.2 Å². The molecule has 0 radical (unpaired) electrons. The second kappa shape index (κ2) is 3.05. The number of amides is 1. The fraction of sp³-hybridized carbons (Fsp3) is 0.889. The van der Waals surface area contributed by atoms with Crippen molar-refractivity contribution in [3.8, 4) is 0 Å². The molecular formula is C9H16N2O. The number of hydrogen-bond acceptors (Lipinski definition) is 2. The normalized spacial score (nSPS) is 36.4. The van der Waals surface area contributed by atoms with Crippen molar-refractivity contribution in [3.63, 3.8) is 0 Å². The molecule has 1 N–H and O–H groups in total. The predicted molar refractivity (Wildman–Crippen MR) is 46.7 cm³/mol. The zero-order chi connectivity index (χ0) is 8.55. The van der Waals surface area contributed by atoms with Gasteiger partial charge in [0.25, 0.3) is 0 Å². The first-order valence-corrected chi connectivity index (χ1v) is 4.72. The summed E-state index contributed by atoms with van der Waals surface area (Å²) in [6.07, 6.45) is 1.83. The maximum Gasteiger partial charge on any atom is 0.222 e. The van der Waals surface area contributed by atoms with Crippen LogP contribution in [0, 0.1) is 11.8 Å². The largest absolute Gasteiger partial charge is 0.345 e. The van der Waals surface area contributed by atoms with Gasteiger partial charge in [0.2, 0.25) is 5.91 Å². The average Bonchev–Trinajstić information content (AvgIpc) is 2.43. The van der Waals surface area contributed by atoms with E-state index in [1.165, 1.54) is 0 Å². The third-order valence-corrected chi connectivity index (χ3v) is 3.14. The van der Waals surface area contributed by atoms with Crippen LogP contribution in [0.25, 0.3) is 0 Å². The summed E-state index contributed by atoms with van der Waals surface area (Å²) >= 11 is 0. The summed E-state index contributed by atoms with van der Waals surface area (Å²) in [5, 5.41) is 3.39. The number of nitrogens with one attached hydrogen (secondary N) is 1. The molecule has 0 aromatic rings. The zero-order valence-corrected chi connectivity index (χ0v) is 7.55. The van der Waals surface area contributed by atoms with Crippen LogP contribution < -0.4 is 5.32 Å². The number of hydrogen-bond donors (Lipinski definition) is 1. The van der Waals surface area contributed by atoms with Crippen molar-refractivity contribution in [2.75, 3.05) is 26.7 Å². The molecule has 2 heterocycles. The second-order valence-corrected chi connectivity index (χ2v) is 3.99. The van der Waals surface area contributed by atoms with E-state index in [9.17, 15) is 4.79 Å². The Bertz CT molecular complexity index is 193. The van der Waals surface area contributed by atoms with E-state index in [0.29, 0.717) is 11.8 Å². The van der Waals surface area contributed by atoms with Gasteiger partial charge >= 0.3 is 0 Å². The second-order valence-electron chi connectivity index (χ2n) is 3.99. The minimum absolute atomic E-state index is 0.324. The molecule has 2 saturated heterocycles. The summed E-state index contributed by atoms with van der Waals surface area (Å²) in [4.78, 5) is 13.2. The minimum atomic E-state index is 0.324. The number of rotatable bonds is 0. The number of nitrogens with zero attached hydrogens (tertiary/aromatic N) is 1. The standard InChI is InChI=1S/C9H16N2O/c1-11-6-8-5-10-4-7(8)2-3-9(11)12/h7-8,10H,2-6H2,1H3. The topological polar surface area (TPSA) is 32.3 Å². The van der Waals surface area contributed by atoms with Crippen LogP contribution in [0.2, 0.25) is 0 Å². The van der Waals surface area contributed by atoms with Crippen LogP contribution in [0.1, 0.15) is 12.8 Å². The molecule has 2 fully saturated rings. The van der Waals surface area contributed by atoms with Gasteiger partial charge in [-0.15, -0.1) is 0 Å². The molecule has 0 aromatic carbocycles. The minimum Gasteiger partial charge on any atom is -0.345 e. The summed E-state index contributed by atoms with van der Waals surface area (Å²) in [6.45, 7) is 3.17. The Labute approximate surface area is 73.1 Å². The highest BCUT2D eigenvalue weighted by Gasteiger charge is 2.32. The van der Waals surface area contributed by atoms with E-state index in [4.69, 9.17) is 0 Å². The third-order valence-electron chi connectivity index (χ3n) is 3.14. The van der Waals surface area contributed by atoms with Crippen LogP contribution in [-0.4, -0.2) is 37.5 Å². The Morgan fingerprint density at radius 1 is 1.42 bits per heavy atom. The molecule has 0 aliphatic carbocycles. The monoisotopic (exact) mass is 168 g/mol. The lowest BCUT2D eigenvalue weighted by atomic mass is 9.93. The van der Waals surface area contributed by atoms with Gasteiger partial charge in [-0.05, 0) is 31.3 Å². The average molecular weight is 168 g/mol. The molecule has 3 heteroatoms. The van der Waals surface area contributed by atoms with Crippen LogP contribution in [0.3, 0.4) is 0 Å². The summed E-state index contributed by atoms with van der Waals surface area (Å²) in [5.74, 6) is 1.78. The molecule has 2 unspecified atom stereocenters. The smallest absolute Gasteiger partial charge is 0.222 e. The predicted octanol–water partition coefficient (Wildman–Crippen LogP) is 0.0742. The van der Waals surface area contributed by atoms with E-state index in [0.717, 1.165) is 38.4 Å². The van der Waals surface area contributed by atoms with Gasteiger partial charge in [0.15, 0.2) is 0 Å². The highest BCUT2D eigenvalue weighted by molar-refractivity contribution is 5.76. The lowest BCUT2D eigenvalue weighted by Gasteiger charge is -2.19. The van der Waals surface area contributed by atoms with Crippen molar-refractivity contribution < 1.29 is 4.79 Å². The van der Waals surface area contributed by atoms with Crippen molar-refractivity contribution >= 4 is 5.91 Å². The van der Waals surface area contributed by atoms with Gasteiger partial charge in [0.05, 0.1) is 0 Å². The maximum atomic E-state index is 11.4. The van der Waals surface area contributed by atoms with Crippen LogP contribution in [0.5, 0.6) is 0 Å². The highest BCUT2D eigenvalue weighted by atomic mass is 16.2. The Morgan fingerprint density at radius 2 is 2.17 bits per heavy atom. The van der Waals surface area contributed by atoms with E-state index >= 15 is 0 Å². The van der Waals surface area contributed by atoms with E-state index in [1.54, 1.807) is 0 Å². The van der Waals surface area contributed by atoms with Gasteiger partial charge in [-0.3, -0.25) is 4.79 Å². The lowest BCUT2D eigenvalue weighted by molar-refractivity contribution is -0.129. The van der Waals surface area contributed by atoms with E-state index in [1.807, 2.05) is 11.9 Å². The summed E-state index contributed by atoms with van der Waals surface area (Å²) in [6, 6.07) is 0. The third kappa shape index (κ3) is 1.33. The highest BCUT2D eigenvalue weighted by Crippen LogP contribution is 2.25. The van der Waals surface area contributed by atoms with Gasteiger partial charge in [0, 0.05) is 20.0 Å². The van der Waals surface area contributed by atoms with Crippen LogP contribution in [-0.2, 0) is 4.79 Å². The molecular weight excluding hydrogens is 152 g/mol. The number of likely N-dealkylation sites (tertiary alicyclic amines) is 1. The lowest BCUT2D eigenvalue weighted by Crippen LogP contribution is -2.30. The Balaban J connectivity index is 2.05. The van der Waals surface area contributed by atoms with Crippen molar-refractivity contribution in [2.45, 2.75) is 12.8 Å². The molecule has 2 aliphatic rings. The van der Waals surface area contributed by atoms with Crippen molar-refractivity contribution in [1.82, 2.24) is 10.2 Å². The SMILES string of the molecule is CN1CC2CNCC2CCC1=O. The zero-order valence-electron chi connectivity index (χ0n) is 7.55. The van der Waals surface area contributed by atoms with Crippen LogP contribution in [0.15, 0.2) is 0 Å². The molecule has 2 aliphatic heterocycles.